The molecule has 0 aliphatic carbocycles. The third kappa shape index (κ3) is 3.94. The lowest BCUT2D eigenvalue weighted by atomic mass is 9.91. The van der Waals surface area contributed by atoms with Crippen molar-refractivity contribution in [2.24, 2.45) is 4.99 Å². The van der Waals surface area contributed by atoms with Crippen LogP contribution in [0.5, 0.6) is 0 Å². The van der Waals surface area contributed by atoms with Gasteiger partial charge in [0.25, 0.3) is 5.56 Å². The molecule has 4 aromatic rings. The summed E-state index contributed by atoms with van der Waals surface area (Å²) in [5.74, 6) is -0.469. The van der Waals surface area contributed by atoms with E-state index in [0.29, 0.717) is 14.9 Å². The van der Waals surface area contributed by atoms with Crippen molar-refractivity contribution in [3.8, 4) is 0 Å². The van der Waals surface area contributed by atoms with Crippen LogP contribution in [0.3, 0.4) is 0 Å². The predicted molar refractivity (Wildman–Crippen MR) is 132 cm³/mol. The molecule has 0 amide bonds. The normalized spacial score (nSPS) is 18.0. The Hall–Kier alpha value is -3.64. The number of aromatic nitrogens is 1. The number of thiazole rings is 1. The van der Waals surface area contributed by atoms with Crippen molar-refractivity contribution in [2.75, 3.05) is 0 Å². The van der Waals surface area contributed by atoms with Gasteiger partial charge in [0.2, 0.25) is 0 Å². The van der Waals surface area contributed by atoms with E-state index in [0.717, 1.165) is 27.8 Å². The molecule has 1 aromatic heterocycles. The van der Waals surface area contributed by atoms with Gasteiger partial charge in [-0.1, -0.05) is 71.5 Å². The van der Waals surface area contributed by atoms with Crippen LogP contribution < -0.4 is 14.9 Å². The molecular weight excluding hydrogens is 447 g/mol. The molecule has 2 unspecified atom stereocenters. The summed E-state index contributed by atoms with van der Waals surface area (Å²) < 4.78 is 15.3. The van der Waals surface area contributed by atoms with Crippen molar-refractivity contribution < 1.29 is 9.18 Å². The van der Waals surface area contributed by atoms with Gasteiger partial charge in [0.05, 0.1) is 4.53 Å². The van der Waals surface area contributed by atoms with Crippen LogP contribution in [-0.2, 0) is 4.79 Å². The van der Waals surface area contributed by atoms with E-state index in [-0.39, 0.29) is 17.2 Å². The highest BCUT2D eigenvalue weighted by Gasteiger charge is 2.36. The first-order valence-electron chi connectivity index (χ1n) is 11.1. The lowest BCUT2D eigenvalue weighted by molar-refractivity contribution is -0.123. The Kier molecular flexibility index (Phi) is 5.62. The fourth-order valence-electron chi connectivity index (χ4n) is 4.20. The van der Waals surface area contributed by atoms with E-state index in [1.54, 1.807) is 18.2 Å². The van der Waals surface area contributed by atoms with Crippen LogP contribution in [0.1, 0.15) is 45.5 Å². The molecule has 5 rings (SSSR count). The second-order valence-electron chi connectivity index (χ2n) is 8.71. The smallest absolute Gasteiger partial charge is 0.271 e. The van der Waals surface area contributed by atoms with Crippen molar-refractivity contribution in [2.45, 2.75) is 32.9 Å². The largest absolute Gasteiger partial charge is 0.294 e. The molecule has 0 saturated heterocycles. The van der Waals surface area contributed by atoms with Crippen LogP contribution in [0.4, 0.5) is 4.39 Å². The van der Waals surface area contributed by atoms with Gasteiger partial charge in [0.1, 0.15) is 17.9 Å². The summed E-state index contributed by atoms with van der Waals surface area (Å²) in [6, 6.07) is 18.1. The molecule has 4 nitrogen and oxygen atoms in total. The van der Waals surface area contributed by atoms with Gasteiger partial charge in [-0.25, -0.2) is 9.38 Å². The molecule has 0 bridgehead atoms. The number of nitrogens with zero attached hydrogens (tertiary/aromatic N) is 2. The summed E-state index contributed by atoms with van der Waals surface area (Å²) in [5.41, 5.74) is 5.33. The monoisotopic (exact) mass is 470 g/mol. The molecule has 0 fully saturated rings. The first-order valence-corrected chi connectivity index (χ1v) is 11.9. The molecule has 0 saturated carbocycles. The van der Waals surface area contributed by atoms with Gasteiger partial charge in [-0.2, -0.15) is 0 Å². The van der Waals surface area contributed by atoms with Gasteiger partial charge >= 0.3 is 0 Å². The molecule has 0 N–H and O–H groups in total. The molecule has 1 aliphatic heterocycles. The lowest BCUT2D eigenvalue weighted by Crippen LogP contribution is -2.43. The van der Waals surface area contributed by atoms with Crippen LogP contribution in [0.15, 0.2) is 76.5 Å². The van der Waals surface area contributed by atoms with E-state index in [1.807, 2.05) is 63.2 Å². The molecule has 2 heterocycles. The topological polar surface area (TPSA) is 51.4 Å². The Morgan fingerprint density at radius 2 is 1.56 bits per heavy atom. The molecule has 6 heteroatoms. The number of hydrogen-bond donors (Lipinski definition) is 0. The second kappa shape index (κ2) is 8.61. The Balaban J connectivity index is 1.74. The van der Waals surface area contributed by atoms with Gasteiger partial charge in [0, 0.05) is 0 Å². The fourth-order valence-corrected chi connectivity index (χ4v) is 5.22. The van der Waals surface area contributed by atoms with Gasteiger partial charge in [0.15, 0.2) is 10.6 Å². The van der Waals surface area contributed by atoms with Crippen molar-refractivity contribution in [1.29, 1.82) is 0 Å². The zero-order valence-corrected chi connectivity index (χ0v) is 19.9. The summed E-state index contributed by atoms with van der Waals surface area (Å²) in [6.07, 6.45) is 1.72. The van der Waals surface area contributed by atoms with E-state index in [9.17, 15) is 14.0 Å². The van der Waals surface area contributed by atoms with Crippen LogP contribution in [0.25, 0.3) is 6.08 Å². The molecule has 34 heavy (non-hydrogen) atoms. The summed E-state index contributed by atoms with van der Waals surface area (Å²) >= 11 is 1.25. The molecule has 0 spiro atoms. The maximum atomic E-state index is 13.8. The number of carbonyl (C=O) groups is 1. The average Bonchev–Trinajstić information content (AvgIpc) is 3.12. The summed E-state index contributed by atoms with van der Waals surface area (Å²) in [4.78, 5) is 32.6. The Morgan fingerprint density at radius 3 is 2.24 bits per heavy atom. The van der Waals surface area contributed by atoms with Gasteiger partial charge in [-0.15, -0.1) is 0 Å². The average molecular weight is 471 g/mol. The number of fused-ring (bicyclic) bond motifs is 1. The first-order chi connectivity index (χ1) is 16.3. The number of carbonyl (C=O) groups excluding carboxylic acids is 1. The van der Waals surface area contributed by atoms with Crippen LogP contribution in [-0.4, -0.2) is 10.4 Å². The maximum Gasteiger partial charge on any atom is 0.271 e. The number of aryl methyl sites for hydroxylation is 3. The number of Topliss-reactive ketones (excluding diaryl/α,β-unsaturated/α-hetero) is 1. The molecule has 0 radical (unpaired) electrons. The van der Waals surface area contributed by atoms with Crippen LogP contribution in [0.2, 0.25) is 0 Å². The van der Waals surface area contributed by atoms with Crippen LogP contribution in [0, 0.1) is 26.6 Å². The summed E-state index contributed by atoms with van der Waals surface area (Å²) in [5, 5.41) is 0. The van der Waals surface area contributed by atoms with Gasteiger partial charge in [-0.3, -0.25) is 14.2 Å². The fraction of sp³-hybridized carbons (Fsp3) is 0.179. The quantitative estimate of drug-likeness (QED) is 0.447. The van der Waals surface area contributed by atoms with E-state index >= 15 is 0 Å². The molecular formula is C28H23FN2O2S. The van der Waals surface area contributed by atoms with Crippen molar-refractivity contribution in [3.05, 3.63) is 126 Å². The van der Waals surface area contributed by atoms with Crippen molar-refractivity contribution in [1.82, 2.24) is 4.57 Å². The zero-order valence-electron chi connectivity index (χ0n) is 19.1. The molecule has 1 aliphatic rings. The molecule has 170 valence electrons. The highest BCUT2D eigenvalue weighted by Crippen LogP contribution is 2.31. The molecule has 3 aromatic carbocycles. The van der Waals surface area contributed by atoms with E-state index in [4.69, 9.17) is 4.99 Å². The first kappa shape index (κ1) is 22.2. The molecule has 2 atom stereocenters. The number of ketones is 1. The highest BCUT2D eigenvalue weighted by molar-refractivity contribution is 7.07. The number of rotatable bonds is 3. The maximum absolute atomic E-state index is 13.8. The lowest BCUT2D eigenvalue weighted by Gasteiger charge is -2.25. The van der Waals surface area contributed by atoms with Crippen molar-refractivity contribution >= 4 is 23.2 Å². The second-order valence-corrected chi connectivity index (χ2v) is 9.72. The Bertz CT molecular complexity index is 1580. The SMILES string of the molecule is Cc1ccc(C2C(=O)C(c3ccc(C)c(C)c3)N=c3s/c(=C\c4ccc(F)cc4)c(=O)n32)cc1. The number of benzene rings is 3. The van der Waals surface area contributed by atoms with E-state index in [1.165, 1.54) is 28.0 Å². The van der Waals surface area contributed by atoms with Crippen molar-refractivity contribution in [3.63, 3.8) is 0 Å². The standard InChI is InChI=1S/C28H23FN2O2S/c1-16-4-9-20(10-5-16)25-26(32)24(21-11-6-17(2)18(3)14-21)30-28-31(25)27(33)23(34-28)15-19-7-12-22(29)13-8-19/h4-15,24-25H,1-3H3/b23-15-. The third-order valence-electron chi connectivity index (χ3n) is 6.28. The Labute approximate surface area is 200 Å². The van der Waals surface area contributed by atoms with Gasteiger partial charge in [-0.05, 0) is 66.8 Å². The van der Waals surface area contributed by atoms with E-state index in [2.05, 4.69) is 0 Å². The summed E-state index contributed by atoms with van der Waals surface area (Å²) in [6.45, 7) is 6.03. The predicted octanol–water partition coefficient (Wildman–Crippen LogP) is 4.34. The minimum absolute atomic E-state index is 0.132. The third-order valence-corrected chi connectivity index (χ3v) is 7.28. The highest BCUT2D eigenvalue weighted by atomic mass is 32.1. The van der Waals surface area contributed by atoms with Crippen LogP contribution >= 0.6 is 11.3 Å². The van der Waals surface area contributed by atoms with Gasteiger partial charge < -0.3 is 0 Å². The van der Waals surface area contributed by atoms with E-state index < -0.39 is 12.1 Å². The number of halogens is 1. The zero-order chi connectivity index (χ0) is 24.0. The summed E-state index contributed by atoms with van der Waals surface area (Å²) in [7, 11) is 0. The minimum atomic E-state index is -0.765. The number of hydrogen-bond acceptors (Lipinski definition) is 4. The Morgan fingerprint density at radius 1 is 0.882 bits per heavy atom. The minimum Gasteiger partial charge on any atom is -0.294 e.